The van der Waals surface area contributed by atoms with Crippen molar-refractivity contribution < 1.29 is 38.4 Å². The Hall–Kier alpha value is -5.46. The van der Waals surface area contributed by atoms with Crippen molar-refractivity contribution in [1.82, 2.24) is 0 Å². The molecule has 228 valence electrons. The molecule has 0 amide bonds. The maximum absolute atomic E-state index is 9.90. The molecule has 0 bridgehead atoms. The Morgan fingerprint density at radius 3 is 1.09 bits per heavy atom. The number of hydrogen-bond donors (Lipinski definition) is 0. The van der Waals surface area contributed by atoms with Crippen LogP contribution in [-0.4, -0.2) is 0 Å². The highest BCUT2D eigenvalue weighted by Gasteiger charge is 2.24. The highest BCUT2D eigenvalue weighted by Crippen LogP contribution is 2.44. The fraction of sp³-hybridized carbons (Fsp3) is 0.106. The molecule has 0 aliphatic carbocycles. The summed E-state index contributed by atoms with van der Waals surface area (Å²) in [7, 11) is 0. The van der Waals surface area contributed by atoms with Crippen LogP contribution in [0.1, 0.15) is 70.3 Å². The van der Waals surface area contributed by atoms with Crippen molar-refractivity contribution in [1.29, 1.82) is 0 Å². The van der Waals surface area contributed by atoms with Crippen molar-refractivity contribution in [3.63, 3.8) is 0 Å². The lowest BCUT2D eigenvalue weighted by Crippen LogP contribution is -2.15. The summed E-state index contributed by atoms with van der Waals surface area (Å²) >= 11 is 0. The molecule has 0 saturated carbocycles. The molecule has 0 heteroatoms. The quantitative estimate of drug-likeness (QED) is 0.171. The van der Waals surface area contributed by atoms with Gasteiger partial charge < -0.3 is 0 Å². The van der Waals surface area contributed by atoms with E-state index in [9.17, 15) is 12.3 Å². The molecule has 0 N–H and O–H groups in total. The predicted octanol–water partition coefficient (Wildman–Crippen LogP) is 13.3. The van der Waals surface area contributed by atoms with Gasteiger partial charge in [-0.1, -0.05) is 159 Å². The van der Waals surface area contributed by atoms with Crippen LogP contribution in [0.4, 0.5) is 0 Å². The average molecular weight is 633 g/mol. The lowest BCUT2D eigenvalue weighted by Gasteiger charge is -2.28. The summed E-state index contributed by atoms with van der Waals surface area (Å²) in [6.07, 6.45) is 0. The maximum Gasteiger partial charge on any atom is 0.0636 e. The lowest BCUT2D eigenvalue weighted by molar-refractivity contribution is 0.593. The molecule has 7 aromatic rings. The molecule has 0 aromatic heterocycles. The first kappa shape index (κ1) is 12.0. The fourth-order valence-corrected chi connectivity index (χ4v) is 4.91. The van der Waals surface area contributed by atoms with Gasteiger partial charge in [-0.25, -0.2) is 0 Å². The highest BCUT2D eigenvalue weighted by molar-refractivity contribution is 5.88. The summed E-state index contributed by atoms with van der Waals surface area (Å²) in [6.45, 7) is 5.60. The molecule has 0 radical (unpaired) electrons. The molecule has 0 aliphatic rings. The summed E-state index contributed by atoms with van der Waals surface area (Å²) in [5.74, 6) is 0. The van der Waals surface area contributed by atoms with E-state index in [2.05, 4.69) is 0 Å². The Labute approximate surface area is 319 Å². The van der Waals surface area contributed by atoms with Crippen LogP contribution in [-0.2, 0) is 5.41 Å². The zero-order chi connectivity index (χ0) is 56.7. The largest absolute Gasteiger partial charge is 0.0636 e. The SMILES string of the molecule is [2H]c1c([2H])c([2H])c(-c2c([2H])c(-c3c([2H])c([2H])c([2H])c([2H])c3[2H])c([2H])c(-c3c([2H])c([2H])c([2H])c(-c4c([2H])c(-c5c([2H])c([2H])c([2H])c([2H])c5[2H])c([2H])c(-c5c([2H])c([2H])c([2H])c(C)c5[2H])c4[2H])c3C(C)(C)C)c2[2H])c([2H])c1[2H]. The van der Waals surface area contributed by atoms with E-state index in [4.69, 9.17) is 26.0 Å². The molecule has 0 unspecified atom stereocenters. The van der Waals surface area contributed by atoms with E-state index >= 15 is 0 Å². The lowest BCUT2D eigenvalue weighted by atomic mass is 9.76. The van der Waals surface area contributed by atoms with Gasteiger partial charge in [0.25, 0.3) is 0 Å². The monoisotopic (exact) mass is 632 g/mol. The van der Waals surface area contributed by atoms with Gasteiger partial charge in [-0.2, -0.15) is 0 Å². The molecular formula is C47H40. The summed E-state index contributed by atoms with van der Waals surface area (Å²) in [4.78, 5) is 0. The molecule has 0 fully saturated rings. The van der Waals surface area contributed by atoms with Crippen molar-refractivity contribution in [2.75, 3.05) is 0 Å². The van der Waals surface area contributed by atoms with Crippen LogP contribution in [0.2, 0.25) is 0 Å². The number of benzene rings is 7. The van der Waals surface area contributed by atoms with Crippen LogP contribution in [0.5, 0.6) is 0 Å². The van der Waals surface area contributed by atoms with Crippen molar-refractivity contribution in [3.05, 3.63) is 180 Å². The Balaban J connectivity index is 1.86. The molecule has 0 nitrogen and oxygen atoms in total. The van der Waals surface area contributed by atoms with Crippen molar-refractivity contribution in [3.8, 4) is 66.8 Å². The van der Waals surface area contributed by atoms with Gasteiger partial charge in [0, 0.05) is 0 Å². The number of rotatable bonds is 6. The molecule has 0 saturated heterocycles. The molecule has 7 aromatic carbocycles. The van der Waals surface area contributed by atoms with Gasteiger partial charge in [-0.3, -0.25) is 0 Å². The van der Waals surface area contributed by atoms with Crippen LogP contribution in [0.25, 0.3) is 66.8 Å². The van der Waals surface area contributed by atoms with Crippen molar-refractivity contribution in [2.24, 2.45) is 0 Å². The van der Waals surface area contributed by atoms with Crippen molar-refractivity contribution in [2.45, 2.75) is 33.1 Å². The van der Waals surface area contributed by atoms with E-state index < -0.39 is 247 Å². The van der Waals surface area contributed by atoms with Crippen LogP contribution >= 0.6 is 0 Å². The minimum atomic E-state index is -1.61. The Morgan fingerprint density at radius 1 is 0.340 bits per heavy atom. The highest BCUT2D eigenvalue weighted by atomic mass is 14.3. The average Bonchev–Trinajstić information content (AvgIpc) is 3.35. The molecule has 0 atom stereocenters. The molecule has 0 aliphatic heterocycles. The fourth-order valence-electron chi connectivity index (χ4n) is 4.91. The van der Waals surface area contributed by atoms with Crippen LogP contribution in [0.3, 0.4) is 0 Å². The molecule has 47 heavy (non-hydrogen) atoms. The normalized spacial score (nSPS) is 19.7. The van der Waals surface area contributed by atoms with E-state index in [-0.39, 0.29) is 5.56 Å². The first-order valence-electron chi connectivity index (χ1n) is 28.2. The summed E-state index contributed by atoms with van der Waals surface area (Å²) in [5, 5.41) is 0. The van der Waals surface area contributed by atoms with Crippen LogP contribution < -0.4 is 0 Å². The van der Waals surface area contributed by atoms with Gasteiger partial charge in [-0.15, -0.1) is 0 Å². The van der Waals surface area contributed by atoms with Crippen molar-refractivity contribution >= 4 is 0 Å². The Bertz CT molecular complexity index is 3200. The second-order valence-electron chi connectivity index (χ2n) is 11.2. The smallest absolute Gasteiger partial charge is 0.0622 e. The second-order valence-corrected chi connectivity index (χ2v) is 11.2. The zero-order valence-electron chi connectivity index (χ0n) is 53.5. The summed E-state index contributed by atoms with van der Waals surface area (Å²) in [6, 6.07) is -26.3. The Kier molecular flexibility index (Phi) is 3.24. The molecular weight excluding hydrogens is 565 g/mol. The number of hydrogen-bond acceptors (Lipinski definition) is 0. The van der Waals surface area contributed by atoms with Gasteiger partial charge in [0.05, 0.1) is 38.4 Å². The van der Waals surface area contributed by atoms with Gasteiger partial charge in [0.1, 0.15) is 0 Å². The third-order valence-corrected chi connectivity index (χ3v) is 6.88. The standard InChI is InChI=1S/C47H40/c1-33-16-14-23-37(26-33)41-28-40(36-21-12-7-13-22-36)31-43(32-41)45-25-15-24-44(46(45)47(2,3)4)42-29-38(34-17-8-5-9-18-34)27-39(30-42)35-19-10-6-11-20-35/h5-32H,1-4H3/i5D,6D,7D,8D,9D,10D,11D,12D,13D,14D,15D,16D,17D,18D,19D,20D,21D,22D,23D,24D,25D,26D,27D,28D,29D,30D,31D,32D. The predicted molar refractivity (Wildman–Crippen MR) is 202 cm³/mol. The van der Waals surface area contributed by atoms with E-state index in [1.165, 1.54) is 27.7 Å². The van der Waals surface area contributed by atoms with Crippen LogP contribution in [0.15, 0.2) is 169 Å². The summed E-state index contributed by atoms with van der Waals surface area (Å²) < 4.78 is 252. The molecule has 7 rings (SSSR count). The summed E-state index contributed by atoms with van der Waals surface area (Å²) in [5.41, 5.74) is -11.7. The zero-order valence-corrected chi connectivity index (χ0v) is 25.5. The third kappa shape index (κ3) is 6.46. The van der Waals surface area contributed by atoms with Gasteiger partial charge >= 0.3 is 0 Å². The van der Waals surface area contributed by atoms with Gasteiger partial charge in [-0.05, 0) is 121 Å². The van der Waals surface area contributed by atoms with E-state index in [0.717, 1.165) is 0 Å². The Morgan fingerprint density at radius 2 is 0.681 bits per heavy atom. The van der Waals surface area contributed by atoms with E-state index in [1.54, 1.807) is 0 Å². The minimum absolute atomic E-state index is 0.217. The van der Waals surface area contributed by atoms with Gasteiger partial charge in [0.2, 0.25) is 0 Å². The van der Waals surface area contributed by atoms with Crippen LogP contribution in [0, 0.1) is 6.92 Å². The topological polar surface area (TPSA) is 0 Å². The third-order valence-electron chi connectivity index (χ3n) is 6.88. The molecule has 0 heterocycles. The second kappa shape index (κ2) is 12.7. The minimum Gasteiger partial charge on any atom is -0.0622 e. The van der Waals surface area contributed by atoms with E-state index in [0.29, 0.717) is 0 Å². The van der Waals surface area contributed by atoms with E-state index in [1.807, 2.05) is 0 Å². The first-order valence-corrected chi connectivity index (χ1v) is 14.2. The maximum atomic E-state index is 9.90. The first-order chi connectivity index (χ1) is 34.5. The molecule has 0 spiro atoms. The van der Waals surface area contributed by atoms with Gasteiger partial charge in [0.15, 0.2) is 0 Å².